The molecule has 0 aromatic heterocycles. The van der Waals surface area contributed by atoms with Gasteiger partial charge in [-0.15, -0.1) is 0 Å². The summed E-state index contributed by atoms with van der Waals surface area (Å²) in [6.45, 7) is 0. The quantitative estimate of drug-likeness (QED) is 0.578. The summed E-state index contributed by atoms with van der Waals surface area (Å²) in [4.78, 5) is 0. The lowest BCUT2D eigenvalue weighted by atomic mass is 9.99. The molecule has 100 valence electrons. The van der Waals surface area contributed by atoms with Crippen LogP contribution in [0, 0.1) is 0 Å². The fourth-order valence-electron chi connectivity index (χ4n) is 2.64. The van der Waals surface area contributed by atoms with Gasteiger partial charge in [-0.3, -0.25) is 0 Å². The number of hydrogen-bond acceptors (Lipinski definition) is 0. The Balaban J connectivity index is 1.69. The lowest BCUT2D eigenvalue weighted by Gasteiger charge is -2.07. The van der Waals surface area contributed by atoms with E-state index >= 15 is 0 Å². The Kier molecular flexibility index (Phi) is 4.03. The zero-order valence-corrected chi connectivity index (χ0v) is 12.1. The molecule has 20 heavy (non-hydrogen) atoms. The van der Waals surface area contributed by atoms with E-state index in [2.05, 4.69) is 54.6 Å². The van der Waals surface area contributed by atoms with Crippen molar-refractivity contribution in [2.45, 2.75) is 19.3 Å². The van der Waals surface area contributed by atoms with E-state index in [1.54, 1.807) is 0 Å². The molecule has 0 aliphatic carbocycles. The van der Waals surface area contributed by atoms with Crippen molar-refractivity contribution in [3.8, 4) is 0 Å². The van der Waals surface area contributed by atoms with Crippen molar-refractivity contribution in [1.82, 2.24) is 0 Å². The van der Waals surface area contributed by atoms with Crippen LogP contribution in [0.5, 0.6) is 0 Å². The highest BCUT2D eigenvalue weighted by Gasteiger charge is 2.01. The topological polar surface area (TPSA) is 0 Å². The highest BCUT2D eigenvalue weighted by atomic mass is 35.5. The van der Waals surface area contributed by atoms with Crippen molar-refractivity contribution in [3.05, 3.63) is 82.9 Å². The molecule has 0 spiro atoms. The molecule has 3 aromatic carbocycles. The van der Waals surface area contributed by atoms with Gasteiger partial charge in [0.25, 0.3) is 0 Å². The van der Waals surface area contributed by atoms with Crippen molar-refractivity contribution in [2.24, 2.45) is 0 Å². The molecule has 0 saturated heterocycles. The van der Waals surface area contributed by atoms with Crippen LogP contribution in [0.2, 0.25) is 5.02 Å². The fourth-order valence-corrected chi connectivity index (χ4v) is 2.77. The molecule has 0 bridgehead atoms. The second kappa shape index (κ2) is 6.11. The largest absolute Gasteiger partial charge is 0.0843 e. The molecule has 0 aliphatic rings. The van der Waals surface area contributed by atoms with Gasteiger partial charge in [-0.2, -0.15) is 0 Å². The van der Waals surface area contributed by atoms with Gasteiger partial charge in [0, 0.05) is 5.02 Å². The van der Waals surface area contributed by atoms with Gasteiger partial charge < -0.3 is 0 Å². The van der Waals surface area contributed by atoms with Crippen LogP contribution in [0.1, 0.15) is 17.5 Å². The first kappa shape index (κ1) is 13.2. The van der Waals surface area contributed by atoms with Gasteiger partial charge in [0.05, 0.1) is 0 Å². The van der Waals surface area contributed by atoms with E-state index in [1.807, 2.05) is 12.1 Å². The third-order valence-corrected chi connectivity index (χ3v) is 3.96. The monoisotopic (exact) mass is 280 g/mol. The number of hydrogen-bond donors (Lipinski definition) is 0. The maximum atomic E-state index is 5.91. The predicted octanol–water partition coefficient (Wildman–Crippen LogP) is 5.67. The molecule has 0 amide bonds. The SMILES string of the molecule is Clc1ccc(CCCc2cccc3ccccc23)cc1. The molecule has 1 heteroatoms. The first-order valence-corrected chi connectivity index (χ1v) is 7.42. The van der Waals surface area contributed by atoms with Crippen molar-refractivity contribution >= 4 is 22.4 Å². The summed E-state index contributed by atoms with van der Waals surface area (Å²) in [5.74, 6) is 0. The summed E-state index contributed by atoms with van der Waals surface area (Å²) >= 11 is 5.91. The van der Waals surface area contributed by atoms with Gasteiger partial charge in [-0.05, 0) is 53.3 Å². The smallest absolute Gasteiger partial charge is 0.0406 e. The number of aryl methyl sites for hydroxylation is 2. The van der Waals surface area contributed by atoms with Gasteiger partial charge in [0.1, 0.15) is 0 Å². The van der Waals surface area contributed by atoms with Crippen LogP contribution in [0.3, 0.4) is 0 Å². The third kappa shape index (κ3) is 3.02. The van der Waals surface area contributed by atoms with E-state index in [-0.39, 0.29) is 0 Å². The van der Waals surface area contributed by atoms with Crippen LogP contribution in [-0.2, 0) is 12.8 Å². The van der Waals surface area contributed by atoms with Crippen LogP contribution in [0.15, 0.2) is 66.7 Å². The number of benzene rings is 3. The van der Waals surface area contributed by atoms with Gasteiger partial charge in [-0.1, -0.05) is 66.2 Å². The van der Waals surface area contributed by atoms with Crippen LogP contribution < -0.4 is 0 Å². The van der Waals surface area contributed by atoms with E-state index in [0.29, 0.717) is 0 Å². The molecule has 3 aromatic rings. The highest BCUT2D eigenvalue weighted by molar-refractivity contribution is 6.30. The zero-order chi connectivity index (χ0) is 13.8. The Morgan fingerprint density at radius 2 is 1.45 bits per heavy atom. The molecule has 0 radical (unpaired) electrons. The Hall–Kier alpha value is -1.79. The molecule has 0 N–H and O–H groups in total. The van der Waals surface area contributed by atoms with Crippen molar-refractivity contribution in [2.75, 3.05) is 0 Å². The molecule has 0 fully saturated rings. The Morgan fingerprint density at radius 3 is 2.30 bits per heavy atom. The molecule has 0 saturated carbocycles. The van der Waals surface area contributed by atoms with E-state index in [1.165, 1.54) is 21.9 Å². The maximum Gasteiger partial charge on any atom is 0.0406 e. The van der Waals surface area contributed by atoms with Crippen molar-refractivity contribution < 1.29 is 0 Å². The van der Waals surface area contributed by atoms with E-state index in [4.69, 9.17) is 11.6 Å². The summed E-state index contributed by atoms with van der Waals surface area (Å²) in [6.07, 6.45) is 3.38. The summed E-state index contributed by atoms with van der Waals surface area (Å²) in [7, 11) is 0. The van der Waals surface area contributed by atoms with Gasteiger partial charge >= 0.3 is 0 Å². The molecule has 0 aliphatic heterocycles. The first-order valence-electron chi connectivity index (χ1n) is 7.04. The number of fused-ring (bicyclic) bond motifs is 1. The molecule has 0 heterocycles. The zero-order valence-electron chi connectivity index (χ0n) is 11.4. The molecular weight excluding hydrogens is 264 g/mol. The van der Waals surface area contributed by atoms with Crippen LogP contribution in [0.4, 0.5) is 0 Å². The van der Waals surface area contributed by atoms with Crippen molar-refractivity contribution in [1.29, 1.82) is 0 Å². The van der Waals surface area contributed by atoms with Crippen LogP contribution >= 0.6 is 11.6 Å². The molecule has 0 nitrogen and oxygen atoms in total. The molecule has 3 rings (SSSR count). The predicted molar refractivity (Wildman–Crippen MR) is 87.4 cm³/mol. The Morgan fingerprint density at radius 1 is 0.700 bits per heavy atom. The average Bonchev–Trinajstić information content (AvgIpc) is 2.49. The highest BCUT2D eigenvalue weighted by Crippen LogP contribution is 2.20. The van der Waals surface area contributed by atoms with Gasteiger partial charge in [0.15, 0.2) is 0 Å². The molecule has 0 atom stereocenters. The standard InChI is InChI=1S/C19H17Cl/c20-18-13-11-15(12-14-18)5-3-7-17-9-4-8-16-6-1-2-10-19(16)17/h1-2,4,6,8-14H,3,5,7H2. The van der Waals surface area contributed by atoms with E-state index < -0.39 is 0 Å². The van der Waals surface area contributed by atoms with E-state index in [9.17, 15) is 0 Å². The lowest BCUT2D eigenvalue weighted by Crippen LogP contribution is -1.91. The minimum absolute atomic E-state index is 0.808. The summed E-state index contributed by atoms with van der Waals surface area (Å²) < 4.78 is 0. The normalized spacial score (nSPS) is 10.8. The fraction of sp³-hybridized carbons (Fsp3) is 0.158. The van der Waals surface area contributed by atoms with Crippen LogP contribution in [-0.4, -0.2) is 0 Å². The minimum Gasteiger partial charge on any atom is -0.0843 e. The minimum atomic E-state index is 0.808. The second-order valence-corrected chi connectivity index (χ2v) is 5.55. The first-order chi connectivity index (χ1) is 9.83. The van der Waals surface area contributed by atoms with Crippen molar-refractivity contribution in [3.63, 3.8) is 0 Å². The summed E-state index contributed by atoms with van der Waals surface area (Å²) in [6, 6.07) is 23.3. The molecular formula is C19H17Cl. The average molecular weight is 281 g/mol. The second-order valence-electron chi connectivity index (χ2n) is 5.12. The van der Waals surface area contributed by atoms with E-state index in [0.717, 1.165) is 24.3 Å². The summed E-state index contributed by atoms with van der Waals surface area (Å²) in [5.41, 5.74) is 2.80. The number of rotatable bonds is 4. The van der Waals surface area contributed by atoms with Crippen LogP contribution in [0.25, 0.3) is 10.8 Å². The van der Waals surface area contributed by atoms with Gasteiger partial charge in [-0.25, -0.2) is 0 Å². The molecule has 0 unspecified atom stereocenters. The third-order valence-electron chi connectivity index (χ3n) is 3.70. The maximum absolute atomic E-state index is 5.91. The Labute approximate surface area is 125 Å². The lowest BCUT2D eigenvalue weighted by molar-refractivity contribution is 0.825. The number of halogens is 1. The van der Waals surface area contributed by atoms with Gasteiger partial charge in [0.2, 0.25) is 0 Å². The summed E-state index contributed by atoms with van der Waals surface area (Å²) in [5, 5.41) is 3.52. The Bertz CT molecular complexity index is 693.